The van der Waals surface area contributed by atoms with Gasteiger partial charge < -0.3 is 19.7 Å². The van der Waals surface area contributed by atoms with E-state index in [1.807, 2.05) is 61.2 Å². The normalized spacial score (nSPS) is 17.1. The van der Waals surface area contributed by atoms with E-state index >= 15 is 0 Å². The second kappa shape index (κ2) is 8.01. The Hall–Kier alpha value is -3.02. The van der Waals surface area contributed by atoms with Gasteiger partial charge in [-0.25, -0.2) is 0 Å². The summed E-state index contributed by atoms with van der Waals surface area (Å²) in [5, 5.41) is 3.04. The van der Waals surface area contributed by atoms with Crippen molar-refractivity contribution in [2.24, 2.45) is 5.92 Å². The second-order valence-corrected chi connectivity index (χ2v) is 8.34. The molecule has 0 atom stereocenters. The molecule has 2 amide bonds. The number of piperidine rings is 1. The van der Waals surface area contributed by atoms with Crippen LogP contribution in [0, 0.1) is 5.92 Å². The van der Waals surface area contributed by atoms with Gasteiger partial charge in [-0.3, -0.25) is 9.59 Å². The molecule has 0 bridgehead atoms. The van der Waals surface area contributed by atoms with E-state index in [0.29, 0.717) is 44.0 Å². The number of carbonyl (C=O) groups is 2. The molecule has 2 heterocycles. The lowest BCUT2D eigenvalue weighted by molar-refractivity contribution is -0.137. The predicted molar refractivity (Wildman–Crippen MR) is 115 cm³/mol. The molecule has 6 nitrogen and oxygen atoms in total. The maximum absolute atomic E-state index is 13.0. The van der Waals surface area contributed by atoms with Crippen LogP contribution in [0.15, 0.2) is 42.5 Å². The summed E-state index contributed by atoms with van der Waals surface area (Å²) in [6.45, 7) is 5.40. The molecule has 1 saturated heterocycles. The van der Waals surface area contributed by atoms with Crippen molar-refractivity contribution in [2.45, 2.75) is 38.7 Å². The van der Waals surface area contributed by atoms with Gasteiger partial charge in [0.1, 0.15) is 6.61 Å². The molecule has 0 radical (unpaired) electrons. The van der Waals surface area contributed by atoms with E-state index < -0.39 is 5.41 Å². The van der Waals surface area contributed by atoms with Gasteiger partial charge in [0.15, 0.2) is 11.5 Å². The molecule has 0 aromatic heterocycles. The Labute approximate surface area is 177 Å². The maximum atomic E-state index is 13.0. The summed E-state index contributed by atoms with van der Waals surface area (Å²) in [5.74, 6) is 1.32. The highest BCUT2D eigenvalue weighted by Crippen LogP contribution is 2.49. The summed E-state index contributed by atoms with van der Waals surface area (Å²) in [6.07, 6.45) is 1.22. The topological polar surface area (TPSA) is 67.9 Å². The molecule has 4 rings (SSSR count). The highest BCUT2D eigenvalue weighted by atomic mass is 16.5. The van der Waals surface area contributed by atoms with Crippen LogP contribution in [-0.4, -0.2) is 36.9 Å². The number of methoxy groups -OCH3 is 1. The third-order valence-electron chi connectivity index (χ3n) is 6.16. The van der Waals surface area contributed by atoms with E-state index in [2.05, 4.69) is 5.32 Å². The summed E-state index contributed by atoms with van der Waals surface area (Å²) >= 11 is 0. The van der Waals surface area contributed by atoms with Crippen molar-refractivity contribution in [1.29, 1.82) is 0 Å². The van der Waals surface area contributed by atoms with Gasteiger partial charge in [0.05, 0.1) is 12.5 Å². The van der Waals surface area contributed by atoms with Gasteiger partial charge in [-0.2, -0.15) is 0 Å². The third-order valence-corrected chi connectivity index (χ3v) is 6.16. The Morgan fingerprint density at radius 1 is 1.13 bits per heavy atom. The Morgan fingerprint density at radius 3 is 2.47 bits per heavy atom. The fraction of sp³-hybridized carbons (Fsp3) is 0.417. The predicted octanol–water partition coefficient (Wildman–Crippen LogP) is 3.74. The van der Waals surface area contributed by atoms with E-state index in [-0.39, 0.29) is 17.7 Å². The lowest BCUT2D eigenvalue weighted by atomic mass is 9.73. The summed E-state index contributed by atoms with van der Waals surface area (Å²) in [7, 11) is 1.61. The summed E-state index contributed by atoms with van der Waals surface area (Å²) in [4.78, 5) is 27.2. The van der Waals surface area contributed by atoms with E-state index in [1.165, 1.54) is 0 Å². The van der Waals surface area contributed by atoms with Crippen LogP contribution in [0.1, 0.15) is 37.8 Å². The summed E-state index contributed by atoms with van der Waals surface area (Å²) < 4.78 is 11.6. The maximum Gasteiger partial charge on any atom is 0.235 e. The first-order chi connectivity index (χ1) is 14.4. The second-order valence-electron chi connectivity index (χ2n) is 8.34. The van der Waals surface area contributed by atoms with Gasteiger partial charge in [0.2, 0.25) is 11.8 Å². The number of hydrogen-bond donors (Lipinski definition) is 1. The minimum absolute atomic E-state index is 0.00333. The average molecular weight is 408 g/mol. The first-order valence-electron chi connectivity index (χ1n) is 10.4. The van der Waals surface area contributed by atoms with E-state index in [4.69, 9.17) is 9.47 Å². The van der Waals surface area contributed by atoms with Gasteiger partial charge in [-0.1, -0.05) is 44.2 Å². The third kappa shape index (κ3) is 3.51. The van der Waals surface area contributed by atoms with Crippen molar-refractivity contribution in [2.75, 3.05) is 25.5 Å². The molecule has 30 heavy (non-hydrogen) atoms. The number of anilines is 1. The molecule has 2 aliphatic rings. The van der Waals surface area contributed by atoms with Gasteiger partial charge in [0.25, 0.3) is 0 Å². The Balaban J connectivity index is 1.57. The Kier molecular flexibility index (Phi) is 5.41. The molecule has 0 aliphatic carbocycles. The largest absolute Gasteiger partial charge is 0.493 e. The average Bonchev–Trinajstić information content (AvgIpc) is 3.02. The van der Waals surface area contributed by atoms with E-state index in [0.717, 1.165) is 16.8 Å². The Bertz CT molecular complexity index is 947. The number of rotatable bonds is 5. The Morgan fingerprint density at radius 2 is 1.83 bits per heavy atom. The molecule has 1 N–H and O–H groups in total. The van der Waals surface area contributed by atoms with Gasteiger partial charge in [-0.05, 0) is 30.0 Å². The first-order valence-corrected chi connectivity index (χ1v) is 10.4. The van der Waals surface area contributed by atoms with Gasteiger partial charge >= 0.3 is 0 Å². The number of nitrogens with one attached hydrogen (secondary N) is 1. The van der Waals surface area contributed by atoms with Crippen molar-refractivity contribution in [1.82, 2.24) is 4.90 Å². The number of nitrogens with zero attached hydrogens (tertiary/aromatic N) is 1. The van der Waals surface area contributed by atoms with Crippen molar-refractivity contribution in [3.05, 3.63) is 53.6 Å². The van der Waals surface area contributed by atoms with Gasteiger partial charge in [-0.15, -0.1) is 0 Å². The minimum Gasteiger partial charge on any atom is -0.493 e. The van der Waals surface area contributed by atoms with Crippen molar-refractivity contribution < 1.29 is 19.1 Å². The number of carbonyl (C=O) groups excluding carboxylic acids is 2. The van der Waals surface area contributed by atoms with Crippen LogP contribution in [0.25, 0.3) is 0 Å². The van der Waals surface area contributed by atoms with Crippen LogP contribution >= 0.6 is 0 Å². The molecule has 1 spiro atoms. The van der Waals surface area contributed by atoms with Crippen molar-refractivity contribution in [3.8, 4) is 11.5 Å². The van der Waals surface area contributed by atoms with E-state index in [9.17, 15) is 9.59 Å². The van der Waals surface area contributed by atoms with Crippen molar-refractivity contribution in [3.63, 3.8) is 0 Å². The molecule has 2 aromatic carbocycles. The van der Waals surface area contributed by atoms with Crippen LogP contribution in [0.5, 0.6) is 11.5 Å². The number of amides is 2. The molecule has 0 saturated carbocycles. The number of hydrogen-bond acceptors (Lipinski definition) is 4. The van der Waals surface area contributed by atoms with Crippen LogP contribution < -0.4 is 14.8 Å². The highest BCUT2D eigenvalue weighted by molar-refractivity contribution is 6.07. The van der Waals surface area contributed by atoms with E-state index in [1.54, 1.807) is 7.11 Å². The fourth-order valence-electron chi connectivity index (χ4n) is 4.40. The molecule has 2 aliphatic heterocycles. The summed E-state index contributed by atoms with van der Waals surface area (Å²) in [5.41, 5.74) is 2.15. The number of benzene rings is 2. The van der Waals surface area contributed by atoms with Crippen LogP contribution in [-0.2, 0) is 21.6 Å². The summed E-state index contributed by atoms with van der Waals surface area (Å²) in [6, 6.07) is 13.7. The zero-order chi connectivity index (χ0) is 21.3. The van der Waals surface area contributed by atoms with Crippen LogP contribution in [0.3, 0.4) is 0 Å². The smallest absolute Gasteiger partial charge is 0.235 e. The van der Waals surface area contributed by atoms with Crippen LogP contribution in [0.4, 0.5) is 5.69 Å². The van der Waals surface area contributed by atoms with Gasteiger partial charge in [0, 0.05) is 30.8 Å². The zero-order valence-electron chi connectivity index (χ0n) is 17.7. The van der Waals surface area contributed by atoms with Crippen LogP contribution in [0.2, 0.25) is 0 Å². The monoisotopic (exact) mass is 408 g/mol. The van der Waals surface area contributed by atoms with Crippen molar-refractivity contribution >= 4 is 17.5 Å². The SMILES string of the molecule is COc1cc2c(cc1OCc1ccccc1)NC(=O)C21CCN(C(=O)C(C)C)CC1. The minimum atomic E-state index is -0.617. The molecule has 1 fully saturated rings. The first kappa shape index (κ1) is 20.3. The molecular formula is C24H28N2O4. The number of ether oxygens (including phenoxy) is 2. The lowest BCUT2D eigenvalue weighted by Gasteiger charge is -2.38. The number of likely N-dealkylation sites (tertiary alicyclic amines) is 1. The standard InChI is InChI=1S/C24H28N2O4/c1-16(2)22(27)26-11-9-24(10-12-26)18-13-20(29-3)21(14-19(18)25-23(24)28)30-15-17-7-5-4-6-8-17/h4-8,13-14,16H,9-12,15H2,1-3H3,(H,25,28). The zero-order valence-corrected chi connectivity index (χ0v) is 17.7. The lowest BCUT2D eigenvalue weighted by Crippen LogP contribution is -2.49. The molecule has 0 unspecified atom stereocenters. The fourth-order valence-corrected chi connectivity index (χ4v) is 4.40. The molecular weight excluding hydrogens is 380 g/mol. The molecule has 2 aromatic rings. The number of fused-ring (bicyclic) bond motifs is 2. The molecule has 158 valence electrons. The quantitative estimate of drug-likeness (QED) is 0.818. The molecule has 6 heteroatoms. The highest BCUT2D eigenvalue weighted by Gasteiger charge is 2.49.